The largest absolute Gasteiger partial charge is 0.494 e. The van der Waals surface area contributed by atoms with E-state index in [1.165, 1.54) is 64.6 Å². The average Bonchev–Trinajstić information content (AvgIpc) is 3.62. The summed E-state index contributed by atoms with van der Waals surface area (Å²) in [5.41, 5.74) is 0.567. The first-order valence-corrected chi connectivity index (χ1v) is 15.8. The number of hydrogen-bond acceptors (Lipinski definition) is 4. The lowest BCUT2D eigenvalue weighted by Crippen LogP contribution is -2.41. The molecule has 7 aromatic carbocycles. The van der Waals surface area contributed by atoms with Gasteiger partial charge in [0.1, 0.15) is 0 Å². The Morgan fingerprint density at radius 2 is 0.705 bits per heavy atom. The van der Waals surface area contributed by atoms with Crippen molar-refractivity contribution >= 4 is 89.8 Å². The van der Waals surface area contributed by atoms with Crippen molar-refractivity contribution in [1.29, 1.82) is 0 Å². The molecule has 0 N–H and O–H groups in total. The maximum atomic E-state index is 6.47. The van der Waals surface area contributed by atoms with Crippen molar-refractivity contribution in [3.63, 3.8) is 0 Å². The molecule has 6 heteroatoms. The third-order valence-corrected chi connectivity index (χ3v) is 11.4. The molecule has 2 fully saturated rings. The number of hydrogen-bond donors (Lipinski definition) is 0. The van der Waals surface area contributed by atoms with Crippen molar-refractivity contribution < 1.29 is 18.6 Å². The molecular formula is C38H36B2O4. The number of rotatable bonds is 2. The fourth-order valence-electron chi connectivity index (χ4n) is 7.60. The predicted molar refractivity (Wildman–Crippen MR) is 185 cm³/mol. The first kappa shape index (κ1) is 26.9. The van der Waals surface area contributed by atoms with Crippen LogP contribution >= 0.6 is 0 Å². The van der Waals surface area contributed by atoms with Crippen molar-refractivity contribution in [3.05, 3.63) is 72.8 Å². The topological polar surface area (TPSA) is 36.9 Å². The van der Waals surface area contributed by atoms with E-state index in [0.29, 0.717) is 0 Å². The van der Waals surface area contributed by atoms with Gasteiger partial charge in [0, 0.05) is 0 Å². The number of fused-ring (bicyclic) bond motifs is 8. The highest BCUT2D eigenvalue weighted by Gasteiger charge is 2.52. The molecule has 218 valence electrons. The fourth-order valence-corrected chi connectivity index (χ4v) is 7.60. The molecule has 7 aromatic rings. The fraction of sp³-hybridized carbons (Fsp3) is 0.316. The first-order chi connectivity index (χ1) is 20.8. The van der Waals surface area contributed by atoms with Crippen molar-refractivity contribution in [2.45, 2.75) is 77.8 Å². The van der Waals surface area contributed by atoms with Crippen LogP contribution in [0.1, 0.15) is 55.4 Å². The second kappa shape index (κ2) is 8.24. The third kappa shape index (κ3) is 3.30. The zero-order valence-corrected chi connectivity index (χ0v) is 26.7. The second-order valence-corrected chi connectivity index (χ2v) is 15.0. The molecule has 2 saturated heterocycles. The Morgan fingerprint density at radius 1 is 0.364 bits per heavy atom. The first-order valence-electron chi connectivity index (χ1n) is 15.8. The van der Waals surface area contributed by atoms with E-state index in [0.717, 1.165) is 10.9 Å². The molecule has 4 nitrogen and oxygen atoms in total. The monoisotopic (exact) mass is 578 g/mol. The van der Waals surface area contributed by atoms with Gasteiger partial charge in [0.25, 0.3) is 0 Å². The summed E-state index contributed by atoms with van der Waals surface area (Å²) in [6, 6.07) is 27.0. The summed E-state index contributed by atoms with van der Waals surface area (Å²) in [5.74, 6) is 0. The Kier molecular flexibility index (Phi) is 5.05. The zero-order chi connectivity index (χ0) is 30.6. The van der Waals surface area contributed by atoms with Gasteiger partial charge in [-0.15, -0.1) is 0 Å². The van der Waals surface area contributed by atoms with Crippen LogP contribution in [-0.4, -0.2) is 36.6 Å². The van der Waals surface area contributed by atoms with Gasteiger partial charge in [-0.1, -0.05) is 72.8 Å². The summed E-state index contributed by atoms with van der Waals surface area (Å²) in [6.07, 6.45) is 0. The van der Waals surface area contributed by atoms with Crippen molar-refractivity contribution in [1.82, 2.24) is 0 Å². The van der Waals surface area contributed by atoms with Gasteiger partial charge in [0.2, 0.25) is 0 Å². The SMILES string of the molecule is CC1(C)OB(c2ccc3c(c2)c2cccc4c2c3c2cccc3c5ccc(B6OC(C)(C)C(C)(C)O6)cc5c4c32)OC1(C)C. The van der Waals surface area contributed by atoms with Crippen LogP contribution in [0.3, 0.4) is 0 Å². The quantitative estimate of drug-likeness (QED) is 0.154. The highest BCUT2D eigenvalue weighted by atomic mass is 16.7. The molecule has 0 aromatic heterocycles. The third-order valence-electron chi connectivity index (χ3n) is 11.4. The van der Waals surface area contributed by atoms with E-state index in [1.807, 2.05) is 0 Å². The van der Waals surface area contributed by atoms with Crippen molar-refractivity contribution in [2.75, 3.05) is 0 Å². The van der Waals surface area contributed by atoms with E-state index < -0.39 is 14.2 Å². The molecule has 0 radical (unpaired) electrons. The summed E-state index contributed by atoms with van der Waals surface area (Å²) in [4.78, 5) is 0. The standard InChI is InChI=1S/C38H36B2O4/c1-35(2)36(3,4)42-39(41-35)21-16-18-26-29(19-21)25-12-10-14-28-32(25)33(26)27-13-9-11-24-23-17-15-22(20-30(23)34(28)31(24)27)40-43-37(5,6)38(7,8)44-40/h9-20H,1-8H3. The molecule has 2 aliphatic rings. The van der Waals surface area contributed by atoms with Crippen molar-refractivity contribution in [2.24, 2.45) is 0 Å². The van der Waals surface area contributed by atoms with E-state index in [9.17, 15) is 0 Å². The highest BCUT2D eigenvalue weighted by Crippen LogP contribution is 2.50. The summed E-state index contributed by atoms with van der Waals surface area (Å²) in [7, 11) is -0.801. The van der Waals surface area contributed by atoms with Crippen molar-refractivity contribution in [3.8, 4) is 0 Å². The lowest BCUT2D eigenvalue weighted by molar-refractivity contribution is 0.00578. The second-order valence-electron chi connectivity index (χ2n) is 15.0. The van der Waals surface area contributed by atoms with E-state index >= 15 is 0 Å². The zero-order valence-electron chi connectivity index (χ0n) is 26.7. The predicted octanol–water partition coefficient (Wildman–Crippen LogP) is 8.08. The molecule has 0 saturated carbocycles. The van der Waals surface area contributed by atoms with Gasteiger partial charge in [0.15, 0.2) is 0 Å². The lowest BCUT2D eigenvalue weighted by atomic mass is 9.78. The van der Waals surface area contributed by atoms with Gasteiger partial charge in [0.05, 0.1) is 22.4 Å². The summed E-state index contributed by atoms with van der Waals surface area (Å²) >= 11 is 0. The molecule has 9 rings (SSSR count). The maximum absolute atomic E-state index is 6.47. The van der Waals surface area contributed by atoms with E-state index in [2.05, 4.69) is 128 Å². The van der Waals surface area contributed by atoms with Crippen LogP contribution in [0.5, 0.6) is 0 Å². The molecule has 0 aliphatic carbocycles. The van der Waals surface area contributed by atoms with Crippen LogP contribution in [0.15, 0.2) is 72.8 Å². The van der Waals surface area contributed by atoms with E-state index in [4.69, 9.17) is 18.6 Å². The van der Waals surface area contributed by atoms with Gasteiger partial charge >= 0.3 is 14.2 Å². The van der Waals surface area contributed by atoms with Crippen LogP contribution in [0.25, 0.3) is 64.6 Å². The Morgan fingerprint density at radius 3 is 1.18 bits per heavy atom. The Hall–Kier alpha value is -3.41. The summed E-state index contributed by atoms with van der Waals surface area (Å²) in [5, 5.41) is 15.5. The van der Waals surface area contributed by atoms with Crippen LogP contribution in [0.4, 0.5) is 0 Å². The minimum atomic E-state index is -0.404. The van der Waals surface area contributed by atoms with Crippen LogP contribution in [0.2, 0.25) is 0 Å². The minimum absolute atomic E-state index is 0.384. The Labute approximate surface area is 258 Å². The summed E-state index contributed by atoms with van der Waals surface area (Å²) in [6.45, 7) is 16.9. The number of benzene rings is 5. The molecule has 0 spiro atoms. The van der Waals surface area contributed by atoms with Crippen LogP contribution in [0, 0.1) is 0 Å². The van der Waals surface area contributed by atoms with Gasteiger partial charge in [-0.05, 0) is 131 Å². The van der Waals surface area contributed by atoms with E-state index in [-0.39, 0.29) is 22.4 Å². The molecule has 2 aliphatic heterocycles. The molecule has 0 bridgehead atoms. The molecule has 2 heterocycles. The minimum Gasteiger partial charge on any atom is -0.399 e. The maximum Gasteiger partial charge on any atom is 0.494 e. The van der Waals surface area contributed by atoms with Gasteiger partial charge in [-0.2, -0.15) is 0 Å². The van der Waals surface area contributed by atoms with E-state index in [1.54, 1.807) is 0 Å². The Balaban J connectivity index is 1.32. The normalized spacial score (nSPS) is 21.0. The van der Waals surface area contributed by atoms with Gasteiger partial charge in [-0.25, -0.2) is 0 Å². The molecule has 0 amide bonds. The van der Waals surface area contributed by atoms with Crippen LogP contribution in [-0.2, 0) is 18.6 Å². The summed E-state index contributed by atoms with van der Waals surface area (Å²) < 4.78 is 25.8. The molecule has 0 unspecified atom stereocenters. The van der Waals surface area contributed by atoms with Crippen LogP contribution < -0.4 is 10.9 Å². The Bertz CT molecular complexity index is 2290. The lowest BCUT2D eigenvalue weighted by Gasteiger charge is -2.32. The smallest absolute Gasteiger partial charge is 0.399 e. The van der Waals surface area contributed by atoms with Gasteiger partial charge < -0.3 is 18.6 Å². The highest BCUT2D eigenvalue weighted by molar-refractivity contribution is 6.63. The molecule has 0 atom stereocenters. The molecular weight excluding hydrogens is 542 g/mol. The molecule has 44 heavy (non-hydrogen) atoms. The van der Waals surface area contributed by atoms with Gasteiger partial charge in [-0.3, -0.25) is 0 Å². The average molecular weight is 578 g/mol.